The second kappa shape index (κ2) is 8.41. The zero-order valence-corrected chi connectivity index (χ0v) is 17.0. The Morgan fingerprint density at radius 2 is 1.57 bits per heavy atom. The van der Waals surface area contributed by atoms with Gasteiger partial charge in [0.2, 0.25) is 10.0 Å². The standard InChI is InChI=1S/C22H21FN2O4S/c23-20-7-3-4-8-21(20)30(27,28)25-13-11-24(12-14-25)22(26)16-29-19-10-9-17-5-1-2-6-18(17)15-19/h1-10,15H,11-14,16H2. The van der Waals surface area contributed by atoms with Gasteiger partial charge in [-0.05, 0) is 35.0 Å². The number of hydrogen-bond acceptors (Lipinski definition) is 4. The third-order valence-corrected chi connectivity index (χ3v) is 7.06. The highest BCUT2D eigenvalue weighted by Crippen LogP contribution is 2.22. The number of carbonyl (C=O) groups excluding carboxylic acids is 1. The number of carbonyl (C=O) groups is 1. The number of benzene rings is 3. The van der Waals surface area contributed by atoms with Gasteiger partial charge >= 0.3 is 0 Å². The van der Waals surface area contributed by atoms with Crippen LogP contribution in [0.1, 0.15) is 0 Å². The lowest BCUT2D eigenvalue weighted by molar-refractivity contribution is -0.134. The van der Waals surface area contributed by atoms with E-state index in [4.69, 9.17) is 4.74 Å². The molecule has 0 aromatic heterocycles. The zero-order valence-electron chi connectivity index (χ0n) is 16.2. The van der Waals surface area contributed by atoms with Gasteiger partial charge in [0.05, 0.1) is 0 Å². The molecule has 1 aliphatic rings. The first-order valence-electron chi connectivity index (χ1n) is 9.59. The third-order valence-electron chi connectivity index (χ3n) is 5.13. The first kappa shape index (κ1) is 20.3. The van der Waals surface area contributed by atoms with E-state index in [9.17, 15) is 17.6 Å². The number of amides is 1. The summed E-state index contributed by atoms with van der Waals surface area (Å²) in [5.74, 6) is -0.395. The normalized spacial score (nSPS) is 15.3. The summed E-state index contributed by atoms with van der Waals surface area (Å²) in [4.78, 5) is 13.7. The van der Waals surface area contributed by atoms with Crippen LogP contribution in [0.2, 0.25) is 0 Å². The predicted octanol–water partition coefficient (Wildman–Crippen LogP) is 2.89. The predicted molar refractivity (Wildman–Crippen MR) is 111 cm³/mol. The van der Waals surface area contributed by atoms with Crippen molar-refractivity contribution in [1.82, 2.24) is 9.21 Å². The summed E-state index contributed by atoms with van der Waals surface area (Å²) in [5, 5.41) is 2.11. The maximum absolute atomic E-state index is 13.9. The zero-order chi connectivity index (χ0) is 21.1. The second-order valence-electron chi connectivity index (χ2n) is 7.01. The molecule has 1 saturated heterocycles. The quantitative estimate of drug-likeness (QED) is 0.627. The van der Waals surface area contributed by atoms with Crippen LogP contribution in [-0.2, 0) is 14.8 Å². The van der Waals surface area contributed by atoms with Crippen molar-refractivity contribution in [2.24, 2.45) is 0 Å². The molecule has 3 aromatic carbocycles. The number of ether oxygens (including phenoxy) is 1. The highest BCUT2D eigenvalue weighted by atomic mass is 32.2. The maximum atomic E-state index is 13.9. The van der Waals surface area contributed by atoms with Crippen molar-refractivity contribution in [3.63, 3.8) is 0 Å². The summed E-state index contributed by atoms with van der Waals surface area (Å²) in [6.07, 6.45) is 0. The smallest absolute Gasteiger partial charge is 0.260 e. The molecular formula is C22H21FN2O4S. The van der Waals surface area contributed by atoms with E-state index in [1.54, 1.807) is 4.90 Å². The molecule has 0 aliphatic carbocycles. The van der Waals surface area contributed by atoms with Gasteiger partial charge in [-0.15, -0.1) is 0 Å². The van der Waals surface area contributed by atoms with E-state index in [0.717, 1.165) is 16.8 Å². The number of hydrogen-bond donors (Lipinski definition) is 0. The van der Waals surface area contributed by atoms with E-state index in [2.05, 4.69) is 0 Å². The number of halogens is 1. The van der Waals surface area contributed by atoms with Gasteiger partial charge < -0.3 is 9.64 Å². The highest BCUT2D eigenvalue weighted by Gasteiger charge is 2.31. The van der Waals surface area contributed by atoms with E-state index < -0.39 is 15.8 Å². The SMILES string of the molecule is O=C(COc1ccc2ccccc2c1)N1CCN(S(=O)(=O)c2ccccc2F)CC1. The Kier molecular flexibility index (Phi) is 5.69. The average Bonchev–Trinajstić information content (AvgIpc) is 2.77. The number of piperazine rings is 1. The number of rotatable bonds is 5. The molecule has 4 rings (SSSR count). The minimum atomic E-state index is -3.93. The molecule has 0 radical (unpaired) electrons. The van der Waals surface area contributed by atoms with Crippen molar-refractivity contribution >= 4 is 26.7 Å². The number of sulfonamides is 1. The molecule has 1 aliphatic heterocycles. The first-order valence-corrected chi connectivity index (χ1v) is 11.0. The van der Waals surface area contributed by atoms with Gasteiger partial charge in [-0.3, -0.25) is 4.79 Å². The molecular weight excluding hydrogens is 407 g/mol. The van der Waals surface area contributed by atoms with Crippen LogP contribution in [0.5, 0.6) is 5.75 Å². The van der Waals surface area contributed by atoms with Gasteiger partial charge in [0.15, 0.2) is 6.61 Å². The summed E-state index contributed by atoms with van der Waals surface area (Å²) in [6, 6.07) is 18.8. The van der Waals surface area contributed by atoms with Crippen molar-refractivity contribution in [2.45, 2.75) is 4.90 Å². The van der Waals surface area contributed by atoms with Crippen LogP contribution in [-0.4, -0.2) is 56.3 Å². The van der Waals surface area contributed by atoms with Crippen molar-refractivity contribution in [3.8, 4) is 5.75 Å². The fraction of sp³-hybridized carbons (Fsp3) is 0.227. The van der Waals surface area contributed by atoms with E-state index in [0.29, 0.717) is 5.75 Å². The molecule has 0 unspecified atom stereocenters. The van der Waals surface area contributed by atoms with Crippen LogP contribution in [0.25, 0.3) is 10.8 Å². The molecule has 156 valence electrons. The van der Waals surface area contributed by atoms with Crippen LogP contribution in [0.3, 0.4) is 0 Å². The minimum Gasteiger partial charge on any atom is -0.484 e. The monoisotopic (exact) mass is 428 g/mol. The lowest BCUT2D eigenvalue weighted by atomic mass is 10.1. The minimum absolute atomic E-state index is 0.110. The molecule has 0 spiro atoms. The van der Waals surface area contributed by atoms with Gasteiger partial charge in [0.1, 0.15) is 16.5 Å². The van der Waals surface area contributed by atoms with Gasteiger partial charge in [0.25, 0.3) is 5.91 Å². The summed E-state index contributed by atoms with van der Waals surface area (Å²) < 4.78 is 46.1. The summed E-state index contributed by atoms with van der Waals surface area (Å²) in [7, 11) is -3.93. The maximum Gasteiger partial charge on any atom is 0.260 e. The van der Waals surface area contributed by atoms with E-state index >= 15 is 0 Å². The molecule has 0 saturated carbocycles. The molecule has 0 atom stereocenters. The van der Waals surface area contributed by atoms with Crippen molar-refractivity contribution in [3.05, 3.63) is 72.5 Å². The average molecular weight is 428 g/mol. The van der Waals surface area contributed by atoms with E-state index in [1.807, 2.05) is 42.5 Å². The summed E-state index contributed by atoms with van der Waals surface area (Å²) >= 11 is 0. The Bertz CT molecular complexity index is 1170. The Morgan fingerprint density at radius 3 is 2.30 bits per heavy atom. The summed E-state index contributed by atoms with van der Waals surface area (Å²) in [5.41, 5.74) is 0. The molecule has 0 bridgehead atoms. The third kappa shape index (κ3) is 4.15. The van der Waals surface area contributed by atoms with Gasteiger partial charge in [-0.2, -0.15) is 4.31 Å². The first-order chi connectivity index (χ1) is 14.4. The molecule has 0 N–H and O–H groups in total. The van der Waals surface area contributed by atoms with Crippen LogP contribution >= 0.6 is 0 Å². The topological polar surface area (TPSA) is 66.9 Å². The molecule has 8 heteroatoms. The molecule has 1 heterocycles. The van der Waals surface area contributed by atoms with Crippen molar-refractivity contribution in [2.75, 3.05) is 32.8 Å². The highest BCUT2D eigenvalue weighted by molar-refractivity contribution is 7.89. The lowest BCUT2D eigenvalue weighted by Crippen LogP contribution is -2.51. The molecule has 6 nitrogen and oxygen atoms in total. The molecule has 1 amide bonds. The number of fused-ring (bicyclic) bond motifs is 1. The van der Waals surface area contributed by atoms with Crippen molar-refractivity contribution < 1.29 is 22.3 Å². The Labute approximate surface area is 174 Å². The van der Waals surface area contributed by atoms with Crippen LogP contribution in [0, 0.1) is 5.82 Å². The van der Waals surface area contributed by atoms with Crippen LogP contribution < -0.4 is 4.74 Å². The molecule has 3 aromatic rings. The molecule has 30 heavy (non-hydrogen) atoms. The van der Waals surface area contributed by atoms with Crippen LogP contribution in [0.4, 0.5) is 4.39 Å². The Hall–Kier alpha value is -2.97. The summed E-state index contributed by atoms with van der Waals surface area (Å²) in [6.45, 7) is 0.552. The van der Waals surface area contributed by atoms with Gasteiger partial charge in [0, 0.05) is 26.2 Å². The van der Waals surface area contributed by atoms with E-state index in [-0.39, 0.29) is 43.6 Å². The lowest BCUT2D eigenvalue weighted by Gasteiger charge is -2.34. The molecule has 1 fully saturated rings. The van der Waals surface area contributed by atoms with Gasteiger partial charge in [-0.25, -0.2) is 12.8 Å². The van der Waals surface area contributed by atoms with Crippen LogP contribution in [0.15, 0.2) is 71.6 Å². The Morgan fingerprint density at radius 1 is 0.900 bits per heavy atom. The fourth-order valence-electron chi connectivity index (χ4n) is 3.46. The Balaban J connectivity index is 1.34. The number of nitrogens with zero attached hydrogens (tertiary/aromatic N) is 2. The van der Waals surface area contributed by atoms with Gasteiger partial charge in [-0.1, -0.05) is 42.5 Å². The van der Waals surface area contributed by atoms with E-state index in [1.165, 1.54) is 22.5 Å². The van der Waals surface area contributed by atoms with Crippen molar-refractivity contribution in [1.29, 1.82) is 0 Å². The fourth-order valence-corrected chi connectivity index (χ4v) is 4.95. The largest absolute Gasteiger partial charge is 0.484 e. The second-order valence-corrected chi connectivity index (χ2v) is 8.92.